The minimum atomic E-state index is 0.351. The van der Waals surface area contributed by atoms with E-state index >= 15 is 0 Å². The van der Waals surface area contributed by atoms with Gasteiger partial charge in [-0.2, -0.15) is 0 Å². The van der Waals surface area contributed by atoms with Crippen molar-refractivity contribution >= 4 is 5.91 Å². The van der Waals surface area contributed by atoms with Gasteiger partial charge in [0, 0.05) is 25.6 Å². The summed E-state index contributed by atoms with van der Waals surface area (Å²) in [5, 5.41) is 0. The van der Waals surface area contributed by atoms with Crippen molar-refractivity contribution in [2.45, 2.75) is 51.0 Å². The van der Waals surface area contributed by atoms with Crippen molar-refractivity contribution in [2.24, 2.45) is 23.5 Å². The maximum atomic E-state index is 12.1. The van der Waals surface area contributed by atoms with Crippen LogP contribution in [-0.4, -0.2) is 29.9 Å². The highest BCUT2D eigenvalue weighted by molar-refractivity contribution is 5.76. The summed E-state index contributed by atoms with van der Waals surface area (Å²) < 4.78 is 0. The van der Waals surface area contributed by atoms with Crippen LogP contribution in [0.25, 0.3) is 0 Å². The summed E-state index contributed by atoms with van der Waals surface area (Å²) in [5.74, 6) is 2.54. The zero-order valence-electron chi connectivity index (χ0n) is 10.6. The van der Waals surface area contributed by atoms with Gasteiger partial charge in [-0.05, 0) is 37.0 Å². The van der Waals surface area contributed by atoms with E-state index in [1.807, 2.05) is 0 Å². The topological polar surface area (TPSA) is 46.3 Å². The highest BCUT2D eigenvalue weighted by Gasteiger charge is 2.42. The maximum Gasteiger partial charge on any atom is 0.222 e. The van der Waals surface area contributed by atoms with Gasteiger partial charge in [0.15, 0.2) is 0 Å². The van der Waals surface area contributed by atoms with Crippen molar-refractivity contribution in [2.75, 3.05) is 13.1 Å². The van der Waals surface area contributed by atoms with Crippen molar-refractivity contribution in [1.29, 1.82) is 0 Å². The number of fused-ring (bicyclic) bond motifs is 1. The first-order valence-corrected chi connectivity index (χ1v) is 7.27. The number of nitrogens with zero attached hydrogens (tertiary/aromatic N) is 1. The summed E-state index contributed by atoms with van der Waals surface area (Å²) in [6, 6.07) is 0.351. The quantitative estimate of drug-likeness (QED) is 0.811. The first-order chi connectivity index (χ1) is 8.24. The Morgan fingerprint density at radius 1 is 1.18 bits per heavy atom. The number of nitrogens with two attached hydrogens (primary N) is 1. The van der Waals surface area contributed by atoms with Gasteiger partial charge in [-0.25, -0.2) is 0 Å². The molecule has 1 heterocycles. The van der Waals surface area contributed by atoms with Crippen LogP contribution in [0.1, 0.15) is 44.9 Å². The van der Waals surface area contributed by atoms with Gasteiger partial charge in [-0.1, -0.05) is 19.3 Å². The first kappa shape index (κ1) is 11.5. The molecule has 3 rings (SSSR count). The number of rotatable bonds is 3. The molecule has 0 aromatic carbocycles. The maximum absolute atomic E-state index is 12.1. The van der Waals surface area contributed by atoms with E-state index in [0.29, 0.717) is 23.8 Å². The molecule has 1 saturated heterocycles. The second-order valence-corrected chi connectivity index (χ2v) is 6.30. The molecule has 2 N–H and O–H groups in total. The lowest BCUT2D eigenvalue weighted by Crippen LogP contribution is -2.33. The molecule has 2 aliphatic carbocycles. The third-order valence-corrected chi connectivity index (χ3v) is 5.26. The molecule has 1 aliphatic heterocycles. The zero-order chi connectivity index (χ0) is 11.8. The van der Waals surface area contributed by atoms with E-state index in [9.17, 15) is 4.79 Å². The Morgan fingerprint density at radius 3 is 2.65 bits per heavy atom. The summed E-state index contributed by atoms with van der Waals surface area (Å²) in [7, 11) is 0. The minimum Gasteiger partial charge on any atom is -0.342 e. The van der Waals surface area contributed by atoms with Crippen molar-refractivity contribution in [3.05, 3.63) is 0 Å². The molecule has 0 radical (unpaired) electrons. The molecule has 3 nitrogen and oxygen atoms in total. The van der Waals surface area contributed by atoms with Gasteiger partial charge in [-0.15, -0.1) is 0 Å². The fourth-order valence-corrected chi connectivity index (χ4v) is 3.78. The molecule has 17 heavy (non-hydrogen) atoms. The summed E-state index contributed by atoms with van der Waals surface area (Å²) >= 11 is 0. The Balaban J connectivity index is 1.47. The van der Waals surface area contributed by atoms with Gasteiger partial charge in [0.1, 0.15) is 0 Å². The van der Waals surface area contributed by atoms with E-state index < -0.39 is 0 Å². The number of likely N-dealkylation sites (tertiary alicyclic amines) is 1. The Morgan fingerprint density at radius 2 is 2.00 bits per heavy atom. The average Bonchev–Trinajstić information content (AvgIpc) is 2.79. The largest absolute Gasteiger partial charge is 0.342 e. The number of carbonyl (C=O) groups excluding carboxylic acids is 1. The Bertz CT molecular complexity index is 301. The van der Waals surface area contributed by atoms with Crippen LogP contribution in [0.4, 0.5) is 0 Å². The van der Waals surface area contributed by atoms with E-state index in [0.717, 1.165) is 31.8 Å². The lowest BCUT2D eigenvalue weighted by atomic mass is 9.82. The van der Waals surface area contributed by atoms with Crippen LogP contribution in [-0.2, 0) is 4.79 Å². The predicted octanol–water partition coefficient (Wildman–Crippen LogP) is 1.76. The lowest BCUT2D eigenvalue weighted by molar-refractivity contribution is -0.130. The SMILES string of the molecule is NC1CCC2CN(C(=O)CCC3CCC3)CC12. The molecule has 3 atom stereocenters. The highest BCUT2D eigenvalue weighted by atomic mass is 16.2. The van der Waals surface area contributed by atoms with Crippen molar-refractivity contribution in [3.63, 3.8) is 0 Å². The summed E-state index contributed by atoms with van der Waals surface area (Å²) in [6.07, 6.45) is 8.38. The van der Waals surface area contributed by atoms with Gasteiger partial charge in [0.05, 0.1) is 0 Å². The van der Waals surface area contributed by atoms with Gasteiger partial charge < -0.3 is 10.6 Å². The molecule has 3 aliphatic rings. The lowest BCUT2D eigenvalue weighted by Gasteiger charge is -2.26. The molecule has 0 aromatic heterocycles. The molecule has 2 saturated carbocycles. The molecule has 0 bridgehead atoms. The van der Waals surface area contributed by atoms with E-state index in [4.69, 9.17) is 5.73 Å². The predicted molar refractivity (Wildman–Crippen MR) is 67.3 cm³/mol. The molecule has 0 spiro atoms. The van der Waals surface area contributed by atoms with Crippen LogP contribution < -0.4 is 5.73 Å². The number of hydrogen-bond acceptors (Lipinski definition) is 2. The molecular weight excluding hydrogens is 212 g/mol. The first-order valence-electron chi connectivity index (χ1n) is 7.27. The Labute approximate surface area is 104 Å². The van der Waals surface area contributed by atoms with Gasteiger partial charge in [0.25, 0.3) is 0 Å². The van der Waals surface area contributed by atoms with Crippen LogP contribution >= 0.6 is 0 Å². The normalized spacial score (nSPS) is 37.0. The van der Waals surface area contributed by atoms with E-state index in [-0.39, 0.29) is 0 Å². The average molecular weight is 236 g/mol. The van der Waals surface area contributed by atoms with Gasteiger partial charge in [0.2, 0.25) is 5.91 Å². The highest BCUT2D eigenvalue weighted by Crippen LogP contribution is 2.37. The van der Waals surface area contributed by atoms with Crippen LogP contribution in [0, 0.1) is 17.8 Å². The summed E-state index contributed by atoms with van der Waals surface area (Å²) in [4.78, 5) is 14.2. The third kappa shape index (κ3) is 2.22. The molecule has 3 unspecified atom stereocenters. The smallest absolute Gasteiger partial charge is 0.222 e. The van der Waals surface area contributed by atoms with Crippen LogP contribution in [0.15, 0.2) is 0 Å². The Hall–Kier alpha value is -0.570. The van der Waals surface area contributed by atoms with Crippen LogP contribution in [0.5, 0.6) is 0 Å². The van der Waals surface area contributed by atoms with Crippen molar-refractivity contribution < 1.29 is 4.79 Å². The summed E-state index contributed by atoms with van der Waals surface area (Å²) in [5.41, 5.74) is 6.10. The molecule has 0 aromatic rings. The number of hydrogen-bond donors (Lipinski definition) is 1. The Kier molecular flexibility index (Phi) is 3.12. The van der Waals surface area contributed by atoms with Crippen LogP contribution in [0.3, 0.4) is 0 Å². The van der Waals surface area contributed by atoms with E-state index in [1.54, 1.807) is 0 Å². The van der Waals surface area contributed by atoms with Crippen molar-refractivity contribution in [3.8, 4) is 0 Å². The number of amides is 1. The van der Waals surface area contributed by atoms with Crippen LogP contribution in [0.2, 0.25) is 0 Å². The molecule has 1 amide bonds. The second kappa shape index (κ2) is 4.60. The fourth-order valence-electron chi connectivity index (χ4n) is 3.78. The number of carbonyl (C=O) groups is 1. The van der Waals surface area contributed by atoms with E-state index in [2.05, 4.69) is 4.90 Å². The third-order valence-electron chi connectivity index (χ3n) is 5.26. The molecule has 96 valence electrons. The standard InChI is InChI=1S/C14H24N2O/c15-13-6-5-11-8-16(9-12(11)13)14(17)7-4-10-2-1-3-10/h10-13H,1-9,15H2. The summed E-state index contributed by atoms with van der Waals surface area (Å²) in [6.45, 7) is 1.93. The van der Waals surface area contributed by atoms with Gasteiger partial charge in [-0.3, -0.25) is 4.79 Å². The zero-order valence-corrected chi connectivity index (χ0v) is 10.6. The molecule has 3 fully saturated rings. The van der Waals surface area contributed by atoms with E-state index in [1.165, 1.54) is 32.1 Å². The monoisotopic (exact) mass is 236 g/mol. The molecule has 3 heteroatoms. The fraction of sp³-hybridized carbons (Fsp3) is 0.929. The van der Waals surface area contributed by atoms with Gasteiger partial charge >= 0.3 is 0 Å². The minimum absolute atomic E-state index is 0.351. The van der Waals surface area contributed by atoms with Crippen molar-refractivity contribution in [1.82, 2.24) is 4.90 Å². The second-order valence-electron chi connectivity index (χ2n) is 6.30. The molecular formula is C14H24N2O.